The number of amides is 2. The van der Waals surface area contributed by atoms with E-state index in [1.165, 1.54) is 11.3 Å². The van der Waals surface area contributed by atoms with Crippen molar-refractivity contribution in [1.82, 2.24) is 16.2 Å². The summed E-state index contributed by atoms with van der Waals surface area (Å²) in [6.07, 6.45) is 0.824. The van der Waals surface area contributed by atoms with Crippen LogP contribution in [0, 0.1) is 0 Å². The number of para-hydroxylation sites is 1. The maximum atomic E-state index is 12.5. The van der Waals surface area contributed by atoms with Crippen molar-refractivity contribution in [2.24, 2.45) is 0 Å². The molecule has 0 fully saturated rings. The van der Waals surface area contributed by atoms with Crippen LogP contribution in [-0.4, -0.2) is 23.5 Å². The lowest BCUT2D eigenvalue weighted by atomic mass is 10.2. The Morgan fingerprint density at radius 3 is 2.55 bits per heavy atom. The third kappa shape index (κ3) is 5.03. The monoisotopic (exact) mass is 447 g/mol. The number of carbonyl (C=O) groups is 2. The molecule has 9 heteroatoms. The van der Waals surface area contributed by atoms with Crippen molar-refractivity contribution < 1.29 is 14.3 Å². The topological polar surface area (TPSA) is 79.5 Å². The molecule has 0 atom stereocenters. The molecule has 29 heavy (non-hydrogen) atoms. The first-order chi connectivity index (χ1) is 14.0. The summed E-state index contributed by atoms with van der Waals surface area (Å²) in [6.45, 7) is 2.48. The van der Waals surface area contributed by atoms with Gasteiger partial charge in [0.05, 0.1) is 17.2 Å². The second kappa shape index (κ2) is 9.69. The van der Waals surface area contributed by atoms with Crippen molar-refractivity contribution in [2.75, 3.05) is 6.61 Å². The average Bonchev–Trinajstić information content (AvgIpc) is 3.07. The van der Waals surface area contributed by atoms with Crippen LogP contribution in [0.2, 0.25) is 5.02 Å². The molecular formula is C20H18ClN3O3S2. The maximum absolute atomic E-state index is 12.5. The van der Waals surface area contributed by atoms with E-state index in [1.54, 1.807) is 24.3 Å². The summed E-state index contributed by atoms with van der Waals surface area (Å²) in [6, 6.07) is 14.3. The Kier molecular flexibility index (Phi) is 7.03. The fourth-order valence-corrected chi connectivity index (χ4v) is 4.08. The van der Waals surface area contributed by atoms with E-state index >= 15 is 0 Å². The fraction of sp³-hybridized carbons (Fsp3) is 0.150. The second-order valence-electron chi connectivity index (χ2n) is 5.95. The van der Waals surface area contributed by atoms with Crippen LogP contribution in [0.3, 0.4) is 0 Å². The Bertz CT molecular complexity index is 1070. The number of hydrazine groups is 1. The quantitative estimate of drug-likeness (QED) is 0.401. The summed E-state index contributed by atoms with van der Waals surface area (Å²) in [5.41, 5.74) is 5.34. The highest BCUT2D eigenvalue weighted by atomic mass is 35.5. The smallest absolute Gasteiger partial charge is 0.273 e. The van der Waals surface area contributed by atoms with E-state index in [1.807, 2.05) is 31.2 Å². The third-order valence-corrected chi connectivity index (χ3v) is 5.73. The largest absolute Gasteiger partial charge is 0.493 e. The van der Waals surface area contributed by atoms with Crippen molar-refractivity contribution in [1.29, 1.82) is 0 Å². The normalized spacial score (nSPS) is 10.4. The first-order valence-corrected chi connectivity index (χ1v) is 10.4. The Morgan fingerprint density at radius 2 is 1.79 bits per heavy atom. The third-order valence-electron chi connectivity index (χ3n) is 3.85. The number of thiophene rings is 1. The minimum absolute atomic E-state index is 0.0520. The average molecular weight is 448 g/mol. The number of rotatable bonds is 5. The molecular weight excluding hydrogens is 430 g/mol. The number of nitrogens with one attached hydrogen (secondary N) is 3. The zero-order valence-corrected chi connectivity index (χ0v) is 17.8. The van der Waals surface area contributed by atoms with Crippen molar-refractivity contribution in [3.63, 3.8) is 0 Å². The highest BCUT2D eigenvalue weighted by Crippen LogP contribution is 2.34. The Labute approximate surface area is 182 Å². The molecule has 0 radical (unpaired) electrons. The molecule has 2 amide bonds. The predicted octanol–water partition coefficient (Wildman–Crippen LogP) is 4.29. The summed E-state index contributed by atoms with van der Waals surface area (Å²) in [4.78, 5) is 25.3. The van der Waals surface area contributed by atoms with Crippen molar-refractivity contribution >= 4 is 62.2 Å². The van der Waals surface area contributed by atoms with E-state index < -0.39 is 11.8 Å². The zero-order chi connectivity index (χ0) is 20.8. The Balaban J connectivity index is 1.60. The molecule has 1 aromatic heterocycles. The van der Waals surface area contributed by atoms with E-state index in [9.17, 15) is 9.59 Å². The van der Waals surface area contributed by atoms with E-state index in [4.69, 9.17) is 28.6 Å². The van der Waals surface area contributed by atoms with E-state index in [0.717, 1.165) is 16.5 Å². The van der Waals surface area contributed by atoms with Crippen LogP contribution < -0.4 is 20.9 Å². The van der Waals surface area contributed by atoms with Crippen molar-refractivity contribution in [3.05, 3.63) is 64.0 Å². The highest BCUT2D eigenvalue weighted by Gasteiger charge is 2.18. The number of fused-ring (bicyclic) bond motifs is 1. The van der Waals surface area contributed by atoms with E-state index in [0.29, 0.717) is 27.8 Å². The van der Waals surface area contributed by atoms with Gasteiger partial charge in [-0.15, -0.1) is 11.3 Å². The van der Waals surface area contributed by atoms with Crippen LogP contribution >= 0.6 is 35.2 Å². The van der Waals surface area contributed by atoms with Crippen LogP contribution in [0.25, 0.3) is 10.1 Å². The van der Waals surface area contributed by atoms with Crippen LogP contribution in [0.4, 0.5) is 0 Å². The van der Waals surface area contributed by atoms with Crippen LogP contribution in [-0.2, 0) is 0 Å². The molecule has 2 aromatic carbocycles. The molecule has 0 aliphatic carbocycles. The van der Waals surface area contributed by atoms with Gasteiger partial charge in [-0.2, -0.15) is 0 Å². The molecule has 0 spiro atoms. The van der Waals surface area contributed by atoms with Gasteiger partial charge in [-0.05, 0) is 36.8 Å². The lowest BCUT2D eigenvalue weighted by Crippen LogP contribution is -2.48. The molecule has 3 N–H and O–H groups in total. The molecule has 1 heterocycles. The lowest BCUT2D eigenvalue weighted by molar-refractivity contribution is 0.0931. The number of ether oxygens (including phenoxy) is 1. The molecule has 3 aromatic rings. The molecule has 0 saturated carbocycles. The number of benzene rings is 2. The minimum Gasteiger partial charge on any atom is -0.493 e. The van der Waals surface area contributed by atoms with Crippen LogP contribution in [0.5, 0.6) is 5.75 Å². The summed E-state index contributed by atoms with van der Waals surface area (Å²) < 4.78 is 6.48. The second-order valence-corrected chi connectivity index (χ2v) is 7.79. The van der Waals surface area contributed by atoms with Crippen LogP contribution in [0.15, 0.2) is 48.5 Å². The molecule has 0 saturated heterocycles. The standard InChI is InChI=1S/C20H18ClN3O3S2/c1-2-11-27-14-9-5-3-7-12(14)18(25)23-24-20(28)22-19(26)17-16(21)13-8-4-6-10-15(13)29-17/h3-10H,2,11H2,1H3,(H,23,25)(H2,22,24,26,28). The molecule has 0 aliphatic heterocycles. The summed E-state index contributed by atoms with van der Waals surface area (Å²) in [7, 11) is 0. The molecule has 0 bridgehead atoms. The summed E-state index contributed by atoms with van der Waals surface area (Å²) in [5.74, 6) is -0.413. The van der Waals surface area contributed by atoms with Gasteiger partial charge in [0.15, 0.2) is 5.11 Å². The molecule has 0 unspecified atom stereocenters. The zero-order valence-electron chi connectivity index (χ0n) is 15.5. The first-order valence-electron chi connectivity index (χ1n) is 8.81. The number of carbonyl (C=O) groups excluding carboxylic acids is 2. The lowest BCUT2D eigenvalue weighted by Gasteiger charge is -2.13. The maximum Gasteiger partial charge on any atom is 0.273 e. The van der Waals surface area contributed by atoms with Gasteiger partial charge in [-0.25, -0.2) is 0 Å². The van der Waals surface area contributed by atoms with Crippen LogP contribution in [0.1, 0.15) is 33.4 Å². The molecule has 150 valence electrons. The number of hydrogen-bond acceptors (Lipinski definition) is 5. The van der Waals surface area contributed by atoms with E-state index in [-0.39, 0.29) is 5.11 Å². The van der Waals surface area contributed by atoms with Gasteiger partial charge in [0, 0.05) is 10.1 Å². The first kappa shape index (κ1) is 21.0. The van der Waals surface area contributed by atoms with Gasteiger partial charge in [0.2, 0.25) is 0 Å². The SMILES string of the molecule is CCCOc1ccccc1C(=O)NNC(=S)NC(=O)c1sc2ccccc2c1Cl. The molecule has 0 aliphatic rings. The summed E-state index contributed by atoms with van der Waals surface area (Å²) in [5, 5.41) is 3.64. The Morgan fingerprint density at radius 1 is 1.07 bits per heavy atom. The number of halogens is 1. The highest BCUT2D eigenvalue weighted by molar-refractivity contribution is 7.80. The minimum atomic E-state index is -0.449. The van der Waals surface area contributed by atoms with Gasteiger partial charge in [0.1, 0.15) is 10.6 Å². The van der Waals surface area contributed by atoms with Gasteiger partial charge in [-0.1, -0.05) is 48.9 Å². The summed E-state index contributed by atoms with van der Waals surface area (Å²) >= 11 is 12.7. The molecule has 3 rings (SSSR count). The fourth-order valence-electron chi connectivity index (χ4n) is 2.52. The van der Waals surface area contributed by atoms with E-state index in [2.05, 4.69) is 16.2 Å². The molecule has 6 nitrogen and oxygen atoms in total. The van der Waals surface area contributed by atoms with Crippen molar-refractivity contribution in [3.8, 4) is 5.75 Å². The van der Waals surface area contributed by atoms with Gasteiger partial charge < -0.3 is 4.74 Å². The van der Waals surface area contributed by atoms with Gasteiger partial charge in [0.25, 0.3) is 11.8 Å². The predicted molar refractivity (Wildman–Crippen MR) is 120 cm³/mol. The number of thiocarbonyl (C=S) groups is 1. The van der Waals surface area contributed by atoms with Gasteiger partial charge in [-0.3, -0.25) is 25.8 Å². The Hall–Kier alpha value is -2.68. The van der Waals surface area contributed by atoms with Gasteiger partial charge >= 0.3 is 0 Å². The van der Waals surface area contributed by atoms with Crippen molar-refractivity contribution in [2.45, 2.75) is 13.3 Å². The number of hydrogen-bond donors (Lipinski definition) is 3.